The maximum absolute atomic E-state index is 12.7. The number of hydrogen-bond acceptors (Lipinski definition) is 5. The number of likely N-dealkylation sites (tertiary alicyclic amines) is 1. The van der Waals surface area contributed by atoms with Crippen LogP contribution in [0.1, 0.15) is 38.5 Å². The first-order valence-corrected chi connectivity index (χ1v) is 9.91. The van der Waals surface area contributed by atoms with E-state index in [1.54, 1.807) is 6.08 Å². The van der Waals surface area contributed by atoms with Crippen molar-refractivity contribution in [3.05, 3.63) is 12.2 Å². The molecule has 0 aromatic rings. The molecule has 2 saturated heterocycles. The molecule has 7 unspecified atom stereocenters. The maximum Gasteiger partial charge on any atom is 0.184 e. The highest BCUT2D eigenvalue weighted by Gasteiger charge is 2.77. The highest BCUT2D eigenvalue weighted by Crippen LogP contribution is 2.68. The van der Waals surface area contributed by atoms with E-state index in [9.17, 15) is 14.7 Å². The number of piperidine rings is 1. The molecule has 7 atom stereocenters. The molecule has 2 heterocycles. The van der Waals surface area contributed by atoms with Crippen molar-refractivity contribution in [3.8, 4) is 0 Å². The predicted molar refractivity (Wildman–Crippen MR) is 88.7 cm³/mol. The molecule has 6 rings (SSSR count). The van der Waals surface area contributed by atoms with E-state index in [-0.39, 0.29) is 29.4 Å². The molecule has 0 amide bonds. The molecule has 25 heavy (non-hydrogen) atoms. The zero-order valence-electron chi connectivity index (χ0n) is 14.4. The summed E-state index contributed by atoms with van der Waals surface area (Å²) in [6.07, 6.45) is 7.79. The first-order chi connectivity index (χ1) is 12.0. The zero-order chi connectivity index (χ0) is 17.0. The molecule has 1 N–H and O–H groups in total. The number of ether oxygens (including phenoxy) is 1. The summed E-state index contributed by atoms with van der Waals surface area (Å²) in [6, 6.07) is 0.0962. The van der Waals surface area contributed by atoms with Gasteiger partial charge >= 0.3 is 0 Å². The molecule has 2 aliphatic heterocycles. The number of carbonyl (C=O) groups is 2. The lowest BCUT2D eigenvalue weighted by Crippen LogP contribution is -2.77. The van der Waals surface area contributed by atoms with E-state index in [0.29, 0.717) is 12.8 Å². The van der Waals surface area contributed by atoms with Gasteiger partial charge in [-0.25, -0.2) is 0 Å². The van der Waals surface area contributed by atoms with Crippen molar-refractivity contribution in [1.29, 1.82) is 0 Å². The van der Waals surface area contributed by atoms with Crippen molar-refractivity contribution < 1.29 is 19.4 Å². The van der Waals surface area contributed by atoms with Gasteiger partial charge in [-0.05, 0) is 56.6 Å². The van der Waals surface area contributed by atoms with E-state index in [4.69, 9.17) is 4.74 Å². The quantitative estimate of drug-likeness (QED) is 0.813. The molecule has 5 nitrogen and oxygen atoms in total. The molecule has 5 heteroatoms. The normalized spacial score (nSPS) is 53.9. The summed E-state index contributed by atoms with van der Waals surface area (Å²) in [5.74, 6) is 1.09. The molecule has 6 aliphatic rings. The molecular formula is C20H25NO4. The maximum atomic E-state index is 12.7. The predicted octanol–water partition coefficient (Wildman–Crippen LogP) is 1.09. The van der Waals surface area contributed by atoms with Crippen molar-refractivity contribution in [2.45, 2.75) is 62.4 Å². The van der Waals surface area contributed by atoms with Crippen LogP contribution in [0.4, 0.5) is 0 Å². The first-order valence-electron chi connectivity index (χ1n) is 9.91. The molecule has 0 radical (unpaired) electrons. The third-order valence-electron chi connectivity index (χ3n) is 8.26. The summed E-state index contributed by atoms with van der Waals surface area (Å²) >= 11 is 0. The Morgan fingerprint density at radius 3 is 2.92 bits per heavy atom. The molecular weight excluding hydrogens is 318 g/mol. The second-order valence-electron chi connectivity index (χ2n) is 9.26. The minimum atomic E-state index is -0.889. The van der Waals surface area contributed by atoms with Crippen molar-refractivity contribution in [3.63, 3.8) is 0 Å². The molecule has 134 valence electrons. The Bertz CT molecular complexity index is 700. The van der Waals surface area contributed by atoms with E-state index in [1.165, 1.54) is 12.8 Å². The molecule has 1 spiro atoms. The monoisotopic (exact) mass is 343 g/mol. The fourth-order valence-electron chi connectivity index (χ4n) is 7.09. The molecule has 4 aliphatic carbocycles. The van der Waals surface area contributed by atoms with Crippen LogP contribution in [0.25, 0.3) is 0 Å². The van der Waals surface area contributed by atoms with Crippen LogP contribution >= 0.6 is 0 Å². The Morgan fingerprint density at radius 2 is 2.12 bits per heavy atom. The van der Waals surface area contributed by atoms with Gasteiger partial charge in [-0.1, -0.05) is 6.08 Å². The van der Waals surface area contributed by atoms with Gasteiger partial charge in [0.05, 0.1) is 5.60 Å². The number of Topliss-reactive ketones (excluding diaryl/α,β-unsaturated/α-hetero) is 1. The van der Waals surface area contributed by atoms with E-state index in [2.05, 4.69) is 4.90 Å². The van der Waals surface area contributed by atoms with Gasteiger partial charge in [0.25, 0.3) is 0 Å². The standard InChI is InChI=1S/C20H25NO4/c22-13-4-3-12-9-15-20(24)6-5-14(23)18-19(20,16(12)17(13)25-18)7-8-21(15)10-11-1-2-11/h3-4,11-12,15-18,24H,1-2,5-10H2. The number of rotatable bonds is 2. The summed E-state index contributed by atoms with van der Waals surface area (Å²) < 4.78 is 6.12. The summed E-state index contributed by atoms with van der Waals surface area (Å²) in [5.41, 5.74) is -1.44. The second kappa shape index (κ2) is 4.62. The smallest absolute Gasteiger partial charge is 0.184 e. The Hall–Kier alpha value is -1.04. The summed E-state index contributed by atoms with van der Waals surface area (Å²) in [7, 11) is 0. The Balaban J connectivity index is 1.50. The molecule has 2 bridgehead atoms. The van der Waals surface area contributed by atoms with E-state index in [1.807, 2.05) is 6.08 Å². The van der Waals surface area contributed by atoms with Gasteiger partial charge < -0.3 is 9.84 Å². The highest BCUT2D eigenvalue weighted by molar-refractivity contribution is 5.97. The Morgan fingerprint density at radius 1 is 1.28 bits per heavy atom. The van der Waals surface area contributed by atoms with Crippen LogP contribution in [0.3, 0.4) is 0 Å². The zero-order valence-corrected chi connectivity index (χ0v) is 14.4. The number of hydrogen-bond donors (Lipinski definition) is 1. The fraction of sp³-hybridized carbons (Fsp3) is 0.800. The molecule has 5 fully saturated rings. The van der Waals surface area contributed by atoms with E-state index in [0.717, 1.165) is 31.8 Å². The number of ketones is 2. The lowest BCUT2D eigenvalue weighted by molar-refractivity contribution is -0.244. The van der Waals surface area contributed by atoms with Crippen LogP contribution < -0.4 is 0 Å². The Labute approximate surface area is 147 Å². The summed E-state index contributed by atoms with van der Waals surface area (Å²) in [6.45, 7) is 2.00. The SMILES string of the molecule is O=C1C=CC2CC3N(CC4CC4)CCC45C(OC1C24)C(=O)CCC35O. The van der Waals surface area contributed by atoms with Crippen molar-refractivity contribution in [2.24, 2.45) is 23.2 Å². The second-order valence-corrected chi connectivity index (χ2v) is 9.26. The van der Waals surface area contributed by atoms with Gasteiger partial charge in [0.2, 0.25) is 0 Å². The minimum absolute atomic E-state index is 0.0148. The van der Waals surface area contributed by atoms with Gasteiger partial charge in [0.1, 0.15) is 12.2 Å². The van der Waals surface area contributed by atoms with Crippen LogP contribution in [0.5, 0.6) is 0 Å². The average molecular weight is 343 g/mol. The van der Waals surface area contributed by atoms with Gasteiger partial charge in [-0.2, -0.15) is 0 Å². The molecule has 0 aromatic heterocycles. The summed E-state index contributed by atoms with van der Waals surface area (Å²) in [5, 5.41) is 12.0. The van der Waals surface area contributed by atoms with Crippen molar-refractivity contribution >= 4 is 11.6 Å². The van der Waals surface area contributed by atoms with Crippen LogP contribution in [0, 0.1) is 23.2 Å². The summed E-state index contributed by atoms with van der Waals surface area (Å²) in [4.78, 5) is 27.7. The van der Waals surface area contributed by atoms with Gasteiger partial charge in [-0.3, -0.25) is 14.5 Å². The van der Waals surface area contributed by atoms with Crippen molar-refractivity contribution in [2.75, 3.05) is 13.1 Å². The number of allylic oxidation sites excluding steroid dienone is 1. The Kier molecular flexibility index (Phi) is 2.78. The fourth-order valence-corrected chi connectivity index (χ4v) is 7.09. The minimum Gasteiger partial charge on any atom is -0.388 e. The lowest BCUT2D eigenvalue weighted by atomic mass is 9.43. The third kappa shape index (κ3) is 1.66. The number of carbonyl (C=O) groups excluding carboxylic acids is 2. The first kappa shape index (κ1) is 15.1. The van der Waals surface area contributed by atoms with Crippen molar-refractivity contribution in [1.82, 2.24) is 4.90 Å². The highest BCUT2D eigenvalue weighted by atomic mass is 16.5. The average Bonchev–Trinajstić information content (AvgIpc) is 3.32. The molecule has 0 aromatic carbocycles. The number of aliphatic hydroxyl groups is 1. The topological polar surface area (TPSA) is 66.8 Å². The molecule has 3 saturated carbocycles. The van der Waals surface area contributed by atoms with Gasteiger partial charge in [0, 0.05) is 30.3 Å². The lowest BCUT2D eigenvalue weighted by Gasteiger charge is -2.66. The van der Waals surface area contributed by atoms with E-state index >= 15 is 0 Å². The van der Waals surface area contributed by atoms with Gasteiger partial charge in [0.15, 0.2) is 11.6 Å². The van der Waals surface area contributed by atoms with Crippen LogP contribution in [-0.4, -0.2) is 58.5 Å². The van der Waals surface area contributed by atoms with Crippen LogP contribution in [0.2, 0.25) is 0 Å². The van der Waals surface area contributed by atoms with E-state index < -0.39 is 23.2 Å². The van der Waals surface area contributed by atoms with Crippen LogP contribution in [-0.2, 0) is 14.3 Å². The van der Waals surface area contributed by atoms with Gasteiger partial charge in [-0.15, -0.1) is 0 Å². The number of nitrogens with zero attached hydrogens (tertiary/aromatic N) is 1. The largest absolute Gasteiger partial charge is 0.388 e. The third-order valence-corrected chi connectivity index (χ3v) is 8.26. The van der Waals surface area contributed by atoms with Crippen LogP contribution in [0.15, 0.2) is 12.2 Å².